The minimum atomic E-state index is 0. The molecule has 0 amide bonds. The van der Waals surface area contributed by atoms with E-state index in [0.29, 0.717) is 6.04 Å². The van der Waals surface area contributed by atoms with Crippen LogP contribution in [0, 0.1) is 5.41 Å². The van der Waals surface area contributed by atoms with Gasteiger partial charge >= 0.3 is 0 Å². The fourth-order valence-electron chi connectivity index (χ4n) is 4.51. The van der Waals surface area contributed by atoms with Crippen molar-refractivity contribution in [2.45, 2.75) is 32.5 Å². The quantitative estimate of drug-likeness (QED) is 0.358. The molecule has 7 heteroatoms. The van der Waals surface area contributed by atoms with Crippen molar-refractivity contribution in [3.63, 3.8) is 0 Å². The van der Waals surface area contributed by atoms with Crippen LogP contribution in [0.1, 0.15) is 19.4 Å². The lowest BCUT2D eigenvalue weighted by molar-refractivity contribution is -0.0502. The van der Waals surface area contributed by atoms with Gasteiger partial charge < -0.3 is 19.9 Å². The van der Waals surface area contributed by atoms with Crippen molar-refractivity contribution < 1.29 is 4.74 Å². The highest BCUT2D eigenvalue weighted by molar-refractivity contribution is 14.0. The van der Waals surface area contributed by atoms with E-state index in [1.165, 1.54) is 5.56 Å². The maximum Gasteiger partial charge on any atom is 0.193 e. The van der Waals surface area contributed by atoms with Crippen LogP contribution < -0.4 is 5.32 Å². The molecule has 2 fully saturated rings. The summed E-state index contributed by atoms with van der Waals surface area (Å²) in [5, 5.41) is 3.61. The summed E-state index contributed by atoms with van der Waals surface area (Å²) in [5.74, 6) is 0.990. The lowest BCUT2D eigenvalue weighted by Crippen LogP contribution is -2.50. The number of fused-ring (bicyclic) bond motifs is 1. The third kappa shape index (κ3) is 6.80. The van der Waals surface area contributed by atoms with Crippen LogP contribution in [0.15, 0.2) is 35.3 Å². The van der Waals surface area contributed by atoms with E-state index < -0.39 is 0 Å². The maximum absolute atomic E-state index is 6.12. The minimum Gasteiger partial charge on any atom is -0.373 e. The van der Waals surface area contributed by atoms with E-state index in [4.69, 9.17) is 4.74 Å². The summed E-state index contributed by atoms with van der Waals surface area (Å²) in [6, 6.07) is 11.2. The molecule has 0 aliphatic carbocycles. The van der Waals surface area contributed by atoms with Crippen molar-refractivity contribution in [2.75, 3.05) is 60.5 Å². The highest BCUT2D eigenvalue weighted by atomic mass is 127. The van der Waals surface area contributed by atoms with E-state index in [-0.39, 0.29) is 35.5 Å². The van der Waals surface area contributed by atoms with Gasteiger partial charge in [0.05, 0.1) is 18.8 Å². The van der Waals surface area contributed by atoms with E-state index in [9.17, 15) is 0 Å². The van der Waals surface area contributed by atoms with Crippen molar-refractivity contribution >= 4 is 29.9 Å². The van der Waals surface area contributed by atoms with Crippen molar-refractivity contribution in [2.24, 2.45) is 10.4 Å². The first-order chi connectivity index (χ1) is 13.4. The highest BCUT2D eigenvalue weighted by Gasteiger charge is 2.41. The van der Waals surface area contributed by atoms with Crippen molar-refractivity contribution in [3.05, 3.63) is 35.9 Å². The average molecular weight is 515 g/mol. The zero-order valence-corrected chi connectivity index (χ0v) is 20.9. The lowest BCUT2D eigenvalue weighted by Gasteiger charge is -2.36. The summed E-state index contributed by atoms with van der Waals surface area (Å²) in [5.41, 5.74) is 1.55. The number of halogens is 1. The van der Waals surface area contributed by atoms with Crippen LogP contribution in [0.2, 0.25) is 0 Å². The number of hydrogen-bond acceptors (Lipinski definition) is 4. The van der Waals surface area contributed by atoms with Gasteiger partial charge in [-0.3, -0.25) is 9.89 Å². The predicted octanol–water partition coefficient (Wildman–Crippen LogP) is 2.35. The number of ether oxygens (including phenoxy) is 1. The molecule has 0 saturated carbocycles. The van der Waals surface area contributed by atoms with Gasteiger partial charge in [0.1, 0.15) is 0 Å². The van der Waals surface area contributed by atoms with Gasteiger partial charge in [0.25, 0.3) is 0 Å². The molecule has 2 saturated heterocycles. The van der Waals surface area contributed by atoms with Crippen LogP contribution in [-0.4, -0.2) is 93.3 Å². The van der Waals surface area contributed by atoms with E-state index >= 15 is 0 Å². The summed E-state index contributed by atoms with van der Waals surface area (Å²) < 4.78 is 6.12. The number of guanidine groups is 1. The van der Waals surface area contributed by atoms with E-state index in [0.717, 1.165) is 51.8 Å². The van der Waals surface area contributed by atoms with Gasteiger partial charge in [-0.15, -0.1) is 24.0 Å². The van der Waals surface area contributed by atoms with Crippen LogP contribution in [0.5, 0.6) is 0 Å². The second-order valence-corrected chi connectivity index (χ2v) is 9.14. The molecule has 6 nitrogen and oxygen atoms in total. The van der Waals surface area contributed by atoms with Gasteiger partial charge in [0, 0.05) is 46.3 Å². The Bertz CT molecular complexity index is 652. The van der Waals surface area contributed by atoms with Crippen molar-refractivity contribution in [3.8, 4) is 0 Å². The predicted molar refractivity (Wildman–Crippen MR) is 131 cm³/mol. The fraction of sp³-hybridized carbons (Fsp3) is 0.682. The van der Waals surface area contributed by atoms with E-state index in [1.54, 1.807) is 0 Å². The molecule has 0 radical (unpaired) electrons. The molecule has 1 aromatic carbocycles. The monoisotopic (exact) mass is 515 g/mol. The van der Waals surface area contributed by atoms with Gasteiger partial charge in [-0.05, 0) is 25.1 Å². The number of nitrogens with zero attached hydrogens (tertiary/aromatic N) is 4. The summed E-state index contributed by atoms with van der Waals surface area (Å²) in [6.07, 6.45) is 0.255. The normalized spacial score (nSPS) is 23.1. The SMILES string of the molecule is CN=C(NCC(C)(C)CN(C)C)N1CC2OCCN(Cc3ccccc3)C2C1.I. The molecule has 164 valence electrons. The van der Waals surface area contributed by atoms with Crippen molar-refractivity contribution in [1.29, 1.82) is 0 Å². The second kappa shape index (κ2) is 10.9. The van der Waals surface area contributed by atoms with Crippen LogP contribution in [-0.2, 0) is 11.3 Å². The minimum absolute atomic E-state index is 0. The summed E-state index contributed by atoms with van der Waals surface area (Å²) in [7, 11) is 6.13. The Morgan fingerprint density at radius 3 is 2.62 bits per heavy atom. The summed E-state index contributed by atoms with van der Waals surface area (Å²) in [6.45, 7) is 11.2. The molecule has 0 spiro atoms. The molecule has 2 unspecified atom stereocenters. The first-order valence-corrected chi connectivity index (χ1v) is 10.4. The smallest absolute Gasteiger partial charge is 0.193 e. The Labute approximate surface area is 193 Å². The Hall–Kier alpha value is -0.900. The molecule has 0 aromatic heterocycles. The zero-order chi connectivity index (χ0) is 20.1. The van der Waals surface area contributed by atoms with Gasteiger partial charge in [-0.25, -0.2) is 0 Å². The molecule has 29 heavy (non-hydrogen) atoms. The first-order valence-electron chi connectivity index (χ1n) is 10.4. The number of rotatable bonds is 6. The number of benzene rings is 1. The third-order valence-electron chi connectivity index (χ3n) is 5.63. The second-order valence-electron chi connectivity index (χ2n) is 9.14. The molecule has 2 atom stereocenters. The molecule has 2 heterocycles. The van der Waals surface area contributed by atoms with Gasteiger partial charge in [0.2, 0.25) is 0 Å². The standard InChI is InChI=1S/C22H37N5O.HI/c1-22(2,17-25(4)5)16-24-21(23-3)27-14-19-20(15-27)28-12-11-26(19)13-18-9-7-6-8-10-18;/h6-10,19-20H,11-17H2,1-5H3,(H,23,24);1H. The van der Waals surface area contributed by atoms with Gasteiger partial charge in [-0.2, -0.15) is 0 Å². The number of likely N-dealkylation sites (tertiary alicyclic amines) is 1. The molecule has 3 rings (SSSR count). The van der Waals surface area contributed by atoms with E-state index in [1.807, 2.05) is 7.05 Å². The van der Waals surface area contributed by atoms with Crippen LogP contribution >= 0.6 is 24.0 Å². The van der Waals surface area contributed by atoms with Crippen molar-refractivity contribution in [1.82, 2.24) is 20.0 Å². The van der Waals surface area contributed by atoms with E-state index in [2.05, 4.69) is 83.3 Å². The molecule has 1 aromatic rings. The van der Waals surface area contributed by atoms with Gasteiger partial charge in [0.15, 0.2) is 5.96 Å². The number of hydrogen-bond donors (Lipinski definition) is 1. The van der Waals surface area contributed by atoms with Crippen LogP contribution in [0.4, 0.5) is 0 Å². The fourth-order valence-corrected chi connectivity index (χ4v) is 4.51. The van der Waals surface area contributed by atoms with Crippen LogP contribution in [0.3, 0.4) is 0 Å². The largest absolute Gasteiger partial charge is 0.373 e. The van der Waals surface area contributed by atoms with Gasteiger partial charge in [-0.1, -0.05) is 44.2 Å². The maximum atomic E-state index is 6.12. The molecule has 2 aliphatic heterocycles. The number of aliphatic imine (C=N–C) groups is 1. The first kappa shape index (κ1) is 24.4. The zero-order valence-electron chi connectivity index (χ0n) is 18.6. The molecular weight excluding hydrogens is 477 g/mol. The Morgan fingerprint density at radius 2 is 1.97 bits per heavy atom. The highest BCUT2D eigenvalue weighted by Crippen LogP contribution is 2.25. The third-order valence-corrected chi connectivity index (χ3v) is 5.63. The molecule has 0 bridgehead atoms. The average Bonchev–Trinajstić information content (AvgIpc) is 3.07. The topological polar surface area (TPSA) is 43.3 Å². The summed E-state index contributed by atoms with van der Waals surface area (Å²) in [4.78, 5) is 11.7. The summed E-state index contributed by atoms with van der Waals surface area (Å²) >= 11 is 0. The molecular formula is C22H38IN5O. The number of nitrogens with one attached hydrogen (secondary N) is 1. The Morgan fingerprint density at radius 1 is 1.24 bits per heavy atom. The van der Waals surface area contributed by atoms with Crippen LogP contribution in [0.25, 0.3) is 0 Å². The molecule has 1 N–H and O–H groups in total. The Balaban J connectivity index is 0.00000300. The number of morpholine rings is 1. The Kier molecular flexibility index (Phi) is 9.18. The molecule has 2 aliphatic rings. The lowest BCUT2D eigenvalue weighted by atomic mass is 9.93.